The second kappa shape index (κ2) is 6.50. The van der Waals surface area contributed by atoms with Crippen molar-refractivity contribution < 1.29 is 4.74 Å². The first kappa shape index (κ1) is 16.5. The van der Waals surface area contributed by atoms with Gasteiger partial charge in [0.1, 0.15) is 17.5 Å². The maximum absolute atomic E-state index is 5.97. The van der Waals surface area contributed by atoms with Gasteiger partial charge in [0.15, 0.2) is 5.65 Å². The fraction of sp³-hybridized carbons (Fsp3) is 0.0526. The Morgan fingerprint density at radius 2 is 1.96 bits per heavy atom. The number of halogens is 1. The molecule has 0 radical (unpaired) electrons. The largest absolute Gasteiger partial charge is 0.438 e. The van der Waals surface area contributed by atoms with E-state index < -0.39 is 0 Å². The van der Waals surface area contributed by atoms with Crippen molar-refractivity contribution in [2.24, 2.45) is 7.05 Å². The van der Waals surface area contributed by atoms with Crippen LogP contribution < -0.4 is 10.1 Å². The number of benzene rings is 2. The van der Waals surface area contributed by atoms with Crippen LogP contribution in [-0.4, -0.2) is 29.7 Å². The van der Waals surface area contributed by atoms with Crippen molar-refractivity contribution in [2.45, 2.75) is 0 Å². The number of nitrogens with zero attached hydrogens (tertiary/aromatic N) is 5. The second-order valence-electron chi connectivity index (χ2n) is 6.18. The van der Waals surface area contributed by atoms with E-state index >= 15 is 0 Å². The van der Waals surface area contributed by atoms with Crippen LogP contribution in [0.1, 0.15) is 0 Å². The number of ether oxygens (including phenoxy) is 1. The first-order chi connectivity index (χ1) is 13.7. The van der Waals surface area contributed by atoms with E-state index in [1.807, 2.05) is 49.5 Å². The second-order valence-corrected chi connectivity index (χ2v) is 6.62. The highest BCUT2D eigenvalue weighted by Crippen LogP contribution is 2.29. The third-order valence-electron chi connectivity index (χ3n) is 4.27. The Bertz CT molecular complexity index is 1290. The number of anilines is 2. The van der Waals surface area contributed by atoms with Crippen LogP contribution in [0.25, 0.3) is 22.1 Å². The maximum atomic E-state index is 5.97. The summed E-state index contributed by atoms with van der Waals surface area (Å²) in [5.41, 5.74) is 3.26. The zero-order valence-electron chi connectivity index (χ0n) is 14.7. The molecular formula is C19H14ClN7O. The van der Waals surface area contributed by atoms with Gasteiger partial charge < -0.3 is 15.0 Å². The number of aromatic amines is 1. The van der Waals surface area contributed by atoms with Gasteiger partial charge in [-0.05, 0) is 36.4 Å². The number of hydrogen-bond donors (Lipinski definition) is 2. The summed E-state index contributed by atoms with van der Waals surface area (Å²) in [6.07, 6.45) is 3.15. The van der Waals surface area contributed by atoms with Crippen molar-refractivity contribution in [1.29, 1.82) is 0 Å². The molecule has 0 aliphatic heterocycles. The van der Waals surface area contributed by atoms with Crippen LogP contribution in [0.5, 0.6) is 11.6 Å². The molecule has 0 bridgehead atoms. The Morgan fingerprint density at radius 1 is 1.11 bits per heavy atom. The minimum Gasteiger partial charge on any atom is -0.438 e. The molecule has 0 aliphatic carbocycles. The first-order valence-electron chi connectivity index (χ1n) is 8.49. The van der Waals surface area contributed by atoms with Crippen molar-refractivity contribution in [3.05, 3.63) is 60.0 Å². The molecule has 0 saturated carbocycles. The molecule has 0 spiro atoms. The van der Waals surface area contributed by atoms with Gasteiger partial charge in [-0.2, -0.15) is 5.10 Å². The molecule has 0 saturated heterocycles. The van der Waals surface area contributed by atoms with Gasteiger partial charge in [0.05, 0.1) is 17.2 Å². The van der Waals surface area contributed by atoms with E-state index in [9.17, 15) is 0 Å². The van der Waals surface area contributed by atoms with E-state index in [0.29, 0.717) is 28.2 Å². The molecule has 138 valence electrons. The van der Waals surface area contributed by atoms with Crippen molar-refractivity contribution >= 4 is 45.3 Å². The van der Waals surface area contributed by atoms with Crippen molar-refractivity contribution in [3.8, 4) is 11.6 Å². The fourth-order valence-corrected chi connectivity index (χ4v) is 3.04. The molecule has 0 atom stereocenters. The van der Waals surface area contributed by atoms with Crippen molar-refractivity contribution in [2.75, 3.05) is 5.32 Å². The number of H-pyrrole nitrogens is 1. The highest BCUT2D eigenvalue weighted by Gasteiger charge is 2.11. The normalized spacial score (nSPS) is 11.2. The van der Waals surface area contributed by atoms with Gasteiger partial charge >= 0.3 is 0 Å². The fourth-order valence-electron chi connectivity index (χ4n) is 2.91. The van der Waals surface area contributed by atoms with Crippen LogP contribution in [0, 0.1) is 0 Å². The van der Waals surface area contributed by atoms with E-state index in [4.69, 9.17) is 16.3 Å². The van der Waals surface area contributed by atoms with Gasteiger partial charge in [-0.1, -0.05) is 11.6 Å². The zero-order valence-corrected chi connectivity index (χ0v) is 15.5. The minimum atomic E-state index is 0.455. The van der Waals surface area contributed by atoms with Crippen LogP contribution in [0.2, 0.25) is 5.02 Å². The molecule has 9 heteroatoms. The Hall–Kier alpha value is -3.65. The Morgan fingerprint density at radius 3 is 2.82 bits per heavy atom. The van der Waals surface area contributed by atoms with Crippen LogP contribution in [0.15, 0.2) is 55.0 Å². The minimum absolute atomic E-state index is 0.455. The number of imidazole rings is 1. The SMILES string of the molecule is Cn1ncc2c(Oc3ccc4nc(Nc5ccc(Cl)cc5)[nH]c4c3)ncnc21. The molecule has 3 aromatic heterocycles. The summed E-state index contributed by atoms with van der Waals surface area (Å²) in [5, 5.41) is 8.85. The number of rotatable bonds is 4. The molecule has 28 heavy (non-hydrogen) atoms. The Kier molecular flexibility index (Phi) is 3.84. The van der Waals surface area contributed by atoms with Crippen LogP contribution in [-0.2, 0) is 7.05 Å². The molecule has 2 aromatic carbocycles. The standard InChI is InChI=1S/C19H14ClN7O/c1-27-17-14(9-23-27)18(22-10-21-17)28-13-6-7-15-16(8-13)26-19(25-15)24-12-4-2-11(20)3-5-12/h2-10H,1H3,(H2,24,25,26). The van der Waals surface area contributed by atoms with Gasteiger partial charge in [-0.15, -0.1) is 0 Å². The predicted molar refractivity (Wildman–Crippen MR) is 107 cm³/mol. The summed E-state index contributed by atoms with van der Waals surface area (Å²) in [5.74, 6) is 1.72. The molecule has 0 amide bonds. The number of aromatic nitrogens is 6. The van der Waals surface area contributed by atoms with Gasteiger partial charge in [0, 0.05) is 23.8 Å². The summed E-state index contributed by atoms with van der Waals surface area (Å²) in [6, 6.07) is 13.0. The smallest absolute Gasteiger partial charge is 0.233 e. The lowest BCUT2D eigenvalue weighted by Gasteiger charge is -2.05. The summed E-state index contributed by atoms with van der Waals surface area (Å²) in [7, 11) is 1.82. The molecule has 3 heterocycles. The molecule has 0 aliphatic rings. The molecule has 0 fully saturated rings. The first-order valence-corrected chi connectivity index (χ1v) is 8.86. The van der Waals surface area contributed by atoms with Gasteiger partial charge in [-0.25, -0.2) is 15.0 Å². The Labute approximate surface area is 164 Å². The number of aryl methyl sites for hydroxylation is 1. The van der Waals surface area contributed by atoms with E-state index in [-0.39, 0.29) is 0 Å². The summed E-state index contributed by atoms with van der Waals surface area (Å²) in [6.45, 7) is 0. The third kappa shape index (κ3) is 2.99. The summed E-state index contributed by atoms with van der Waals surface area (Å²) < 4.78 is 7.64. The van der Waals surface area contributed by atoms with Crippen molar-refractivity contribution in [1.82, 2.24) is 29.7 Å². The van der Waals surface area contributed by atoms with Gasteiger partial charge in [-0.3, -0.25) is 4.68 Å². The number of nitrogens with one attached hydrogen (secondary N) is 2. The lowest BCUT2D eigenvalue weighted by atomic mass is 10.3. The van der Waals surface area contributed by atoms with E-state index in [2.05, 4.69) is 30.4 Å². The van der Waals surface area contributed by atoms with E-state index in [1.165, 1.54) is 6.33 Å². The van der Waals surface area contributed by atoms with E-state index in [1.54, 1.807) is 10.9 Å². The van der Waals surface area contributed by atoms with E-state index in [0.717, 1.165) is 22.1 Å². The maximum Gasteiger partial charge on any atom is 0.233 e. The molecule has 2 N–H and O–H groups in total. The number of hydrogen-bond acceptors (Lipinski definition) is 6. The lowest BCUT2D eigenvalue weighted by Crippen LogP contribution is -1.94. The molecule has 0 unspecified atom stereocenters. The molecule has 5 aromatic rings. The predicted octanol–water partition coefficient (Wildman–Crippen LogP) is 4.43. The van der Waals surface area contributed by atoms with Gasteiger partial charge in [0.2, 0.25) is 11.8 Å². The lowest BCUT2D eigenvalue weighted by molar-refractivity contribution is 0.469. The van der Waals surface area contributed by atoms with Crippen molar-refractivity contribution in [3.63, 3.8) is 0 Å². The average Bonchev–Trinajstić information content (AvgIpc) is 3.27. The van der Waals surface area contributed by atoms with Crippen LogP contribution in [0.4, 0.5) is 11.6 Å². The van der Waals surface area contributed by atoms with Crippen LogP contribution in [0.3, 0.4) is 0 Å². The summed E-state index contributed by atoms with van der Waals surface area (Å²) in [4.78, 5) is 16.2. The molecule has 5 rings (SSSR count). The monoisotopic (exact) mass is 391 g/mol. The number of fused-ring (bicyclic) bond motifs is 2. The Balaban J connectivity index is 1.44. The molecule has 8 nitrogen and oxygen atoms in total. The van der Waals surface area contributed by atoms with Gasteiger partial charge in [0.25, 0.3) is 0 Å². The zero-order chi connectivity index (χ0) is 19.1. The highest BCUT2D eigenvalue weighted by molar-refractivity contribution is 6.30. The molecular weight excluding hydrogens is 378 g/mol. The third-order valence-corrected chi connectivity index (χ3v) is 4.52. The van der Waals surface area contributed by atoms with Crippen LogP contribution >= 0.6 is 11.6 Å². The topological polar surface area (TPSA) is 93.5 Å². The average molecular weight is 392 g/mol. The highest BCUT2D eigenvalue weighted by atomic mass is 35.5. The quantitative estimate of drug-likeness (QED) is 0.470. The summed E-state index contributed by atoms with van der Waals surface area (Å²) >= 11 is 5.92.